The van der Waals surface area contributed by atoms with Gasteiger partial charge in [-0.05, 0) is 108 Å². The Labute approximate surface area is 451 Å². The highest BCUT2D eigenvalue weighted by Gasteiger charge is 2.40. The van der Waals surface area contributed by atoms with E-state index in [1.165, 1.54) is 17.4 Å². The van der Waals surface area contributed by atoms with E-state index in [4.69, 9.17) is 14.7 Å². The van der Waals surface area contributed by atoms with Crippen molar-refractivity contribution in [3.05, 3.63) is 106 Å². The number of imidazole rings is 1. The van der Waals surface area contributed by atoms with Gasteiger partial charge in [0.1, 0.15) is 28.3 Å². The standard InChI is InChI=1S/C56H68FN13O6S/c1-35(58-2)53(73)66-49(37-11-5-3-6-12-37)56(75)69-21-10-15-46(69)54-65-45(34-77-54)50(72)38-13-9-14-41(27-38)76-26-8-4-7-20-59-48(71)33-67-22-24-68(25-23-67)55(74)39-18-19-43(42(57)28-39)63-51-52-60-31-47(40-29-61-62-30-40)70(52)32-44(64-51)36-16-17-36/h9,13-14,18-19,27-32,34-37,46,49,58H,3-8,10-12,15-17,20-26,33H2,1-2H3,(H,59,71)(H,61,62)(H,63,64)(H,66,73)/t35-,46-,49-/m0/s1. The third kappa shape index (κ3) is 12.7. The Balaban J connectivity index is 0.628. The minimum absolute atomic E-state index is 0.0654. The molecule has 2 saturated carbocycles. The smallest absolute Gasteiger partial charge is 0.254 e. The molecule has 406 valence electrons. The molecule has 0 radical (unpaired) electrons. The zero-order valence-electron chi connectivity index (χ0n) is 43.8. The predicted molar refractivity (Wildman–Crippen MR) is 290 cm³/mol. The Kier molecular flexibility index (Phi) is 17.0. The fourth-order valence-corrected chi connectivity index (χ4v) is 11.6. The van der Waals surface area contributed by atoms with Crippen molar-refractivity contribution in [3.8, 4) is 17.0 Å². The second-order valence-electron chi connectivity index (χ2n) is 20.8. The van der Waals surface area contributed by atoms with Gasteiger partial charge in [-0.2, -0.15) is 5.10 Å². The molecule has 21 heteroatoms. The van der Waals surface area contributed by atoms with Crippen molar-refractivity contribution in [1.82, 2.24) is 60.2 Å². The number of rotatable bonds is 22. The number of aromatic amines is 1. The van der Waals surface area contributed by atoms with E-state index in [1.807, 2.05) is 26.5 Å². The van der Waals surface area contributed by atoms with Crippen LogP contribution in [-0.4, -0.2) is 145 Å². The molecule has 2 saturated heterocycles. The van der Waals surface area contributed by atoms with Crippen molar-refractivity contribution in [2.75, 3.05) is 64.8 Å². The van der Waals surface area contributed by atoms with Crippen LogP contribution in [0.3, 0.4) is 0 Å². The van der Waals surface area contributed by atoms with E-state index in [-0.39, 0.29) is 59.2 Å². The summed E-state index contributed by atoms with van der Waals surface area (Å²) in [7, 11) is 1.73. The van der Waals surface area contributed by atoms with Gasteiger partial charge in [0.2, 0.25) is 23.5 Å². The molecule has 77 heavy (non-hydrogen) atoms. The Bertz CT molecular complexity index is 3060. The molecule has 19 nitrogen and oxygen atoms in total. The third-order valence-electron chi connectivity index (χ3n) is 15.4. The molecule has 2 aliphatic heterocycles. The molecule has 0 unspecified atom stereocenters. The van der Waals surface area contributed by atoms with Crippen LogP contribution < -0.4 is 26.0 Å². The van der Waals surface area contributed by atoms with Crippen LogP contribution in [0.5, 0.6) is 5.75 Å². The largest absolute Gasteiger partial charge is 0.494 e. The number of carbonyl (C=O) groups excluding carboxylic acids is 5. The fourth-order valence-electron chi connectivity index (χ4n) is 10.7. The highest BCUT2D eigenvalue weighted by atomic mass is 32.1. The zero-order chi connectivity index (χ0) is 53.4. The number of piperazine rings is 1. The van der Waals surface area contributed by atoms with Crippen LogP contribution >= 0.6 is 11.3 Å². The van der Waals surface area contributed by atoms with Gasteiger partial charge in [0, 0.05) is 79.7 Å². The first-order chi connectivity index (χ1) is 37.5. The number of carbonyl (C=O) groups is 5. The maximum absolute atomic E-state index is 15.7. The molecule has 10 rings (SSSR count). The fraction of sp³-hybridized carbons (Fsp3) is 0.482. The number of hydrogen-bond acceptors (Lipinski definition) is 14. The van der Waals surface area contributed by atoms with Crippen LogP contribution in [0.25, 0.3) is 16.9 Å². The van der Waals surface area contributed by atoms with Crippen molar-refractivity contribution >= 4 is 57.9 Å². The van der Waals surface area contributed by atoms with Gasteiger partial charge in [0.05, 0.1) is 54.7 Å². The van der Waals surface area contributed by atoms with Crippen molar-refractivity contribution in [2.24, 2.45) is 5.92 Å². The molecule has 4 amide bonds. The van der Waals surface area contributed by atoms with E-state index >= 15 is 4.39 Å². The number of likely N-dealkylation sites (tertiary alicyclic amines) is 1. The van der Waals surface area contributed by atoms with Crippen molar-refractivity contribution < 1.29 is 33.1 Å². The molecule has 2 aromatic carbocycles. The molecule has 4 aliphatic rings. The number of halogens is 1. The van der Waals surface area contributed by atoms with Crippen molar-refractivity contribution in [3.63, 3.8) is 0 Å². The lowest BCUT2D eigenvalue weighted by Gasteiger charge is -2.35. The first-order valence-corrected chi connectivity index (χ1v) is 28.1. The molecule has 2 aliphatic carbocycles. The number of likely N-dealkylation sites (N-methyl/N-ethyl adjacent to an activating group) is 1. The van der Waals surface area contributed by atoms with Gasteiger partial charge in [-0.15, -0.1) is 11.3 Å². The van der Waals surface area contributed by atoms with Gasteiger partial charge in [-0.1, -0.05) is 31.4 Å². The molecule has 6 aromatic rings. The molecular weight excluding hydrogens is 1000 g/mol. The monoisotopic (exact) mass is 1070 g/mol. The number of ether oxygens (including phenoxy) is 1. The van der Waals surface area contributed by atoms with Gasteiger partial charge in [-0.25, -0.2) is 19.3 Å². The summed E-state index contributed by atoms with van der Waals surface area (Å²) in [6.07, 6.45) is 18.3. The summed E-state index contributed by atoms with van der Waals surface area (Å²) >= 11 is 1.39. The van der Waals surface area contributed by atoms with Crippen LogP contribution in [0.15, 0.2) is 72.6 Å². The SMILES string of the molecule is CN[C@@H](C)C(=O)N[C@H](C(=O)N1CCC[C@H]1c1nc(C(=O)c2cccc(OCCCCCNC(=O)CN3CCN(C(=O)c4ccc(Nc5nc(C6CC6)cn6c(-c7cn[nH]c7)cnc56)c(F)c4)CC3)c2)cs1)C1CCCCC1. The van der Waals surface area contributed by atoms with Crippen molar-refractivity contribution in [2.45, 2.75) is 108 Å². The number of amides is 4. The van der Waals surface area contributed by atoms with Gasteiger partial charge in [0.15, 0.2) is 11.5 Å². The topological polar surface area (TPSA) is 224 Å². The molecule has 0 spiro atoms. The van der Waals surface area contributed by atoms with E-state index in [2.05, 4.69) is 36.4 Å². The van der Waals surface area contributed by atoms with E-state index in [0.29, 0.717) is 80.3 Å². The number of anilines is 2. The average molecular weight is 1070 g/mol. The first-order valence-electron chi connectivity index (χ1n) is 27.2. The molecule has 5 N–H and O–H groups in total. The molecule has 6 heterocycles. The Hall–Kier alpha value is -7.10. The minimum atomic E-state index is -0.590. The maximum Gasteiger partial charge on any atom is 0.254 e. The minimum Gasteiger partial charge on any atom is -0.494 e. The van der Waals surface area contributed by atoms with Crippen molar-refractivity contribution in [1.29, 1.82) is 0 Å². The number of hydrogen-bond donors (Lipinski definition) is 5. The van der Waals surface area contributed by atoms with E-state index in [9.17, 15) is 24.0 Å². The summed E-state index contributed by atoms with van der Waals surface area (Å²) in [6, 6.07) is 10.3. The second kappa shape index (κ2) is 24.5. The lowest BCUT2D eigenvalue weighted by molar-refractivity contribution is -0.139. The van der Waals surface area contributed by atoms with Crippen LogP contribution in [0.4, 0.5) is 15.9 Å². The summed E-state index contributed by atoms with van der Waals surface area (Å²) in [4.78, 5) is 87.1. The van der Waals surface area contributed by atoms with Gasteiger partial charge < -0.3 is 35.8 Å². The van der Waals surface area contributed by atoms with Gasteiger partial charge >= 0.3 is 0 Å². The summed E-state index contributed by atoms with van der Waals surface area (Å²) in [5.41, 5.74) is 4.38. The predicted octanol–water partition coefficient (Wildman–Crippen LogP) is 7.03. The normalized spacial score (nSPS) is 18.0. The first kappa shape index (κ1) is 53.3. The lowest BCUT2D eigenvalue weighted by atomic mass is 9.83. The molecule has 3 atom stereocenters. The van der Waals surface area contributed by atoms with Crippen LogP contribution in [-0.2, 0) is 14.4 Å². The van der Waals surface area contributed by atoms with E-state index in [1.54, 1.807) is 73.2 Å². The van der Waals surface area contributed by atoms with Crippen LogP contribution in [0.1, 0.15) is 133 Å². The number of nitrogens with zero attached hydrogens (tertiary/aromatic N) is 8. The van der Waals surface area contributed by atoms with E-state index in [0.717, 1.165) is 99.0 Å². The third-order valence-corrected chi connectivity index (χ3v) is 16.3. The highest BCUT2D eigenvalue weighted by Crippen LogP contribution is 2.41. The molecule has 0 bridgehead atoms. The van der Waals surface area contributed by atoms with Crippen LogP contribution in [0, 0.1) is 11.7 Å². The highest BCUT2D eigenvalue weighted by molar-refractivity contribution is 7.10. The summed E-state index contributed by atoms with van der Waals surface area (Å²) in [6.45, 7) is 5.42. The van der Waals surface area contributed by atoms with Gasteiger partial charge in [0.25, 0.3) is 5.91 Å². The quantitative estimate of drug-likeness (QED) is 0.0341. The van der Waals surface area contributed by atoms with Gasteiger partial charge in [-0.3, -0.25) is 38.4 Å². The maximum atomic E-state index is 15.7. The summed E-state index contributed by atoms with van der Waals surface area (Å²) in [5, 5.41) is 21.6. The summed E-state index contributed by atoms with van der Waals surface area (Å²) in [5.74, 6) is 0.0416. The molecular formula is C56H68FN13O6S. The number of fused-ring (bicyclic) bond motifs is 1. The number of thiazole rings is 1. The van der Waals surface area contributed by atoms with Crippen LogP contribution in [0.2, 0.25) is 0 Å². The number of benzene rings is 2. The lowest BCUT2D eigenvalue weighted by Crippen LogP contribution is -2.55. The molecule has 4 fully saturated rings. The number of aromatic nitrogens is 6. The van der Waals surface area contributed by atoms with E-state index < -0.39 is 17.9 Å². The Morgan fingerprint density at radius 2 is 1.73 bits per heavy atom. The number of H-pyrrole nitrogens is 1. The Morgan fingerprint density at radius 1 is 0.896 bits per heavy atom. The zero-order valence-corrected chi connectivity index (χ0v) is 44.6. The second-order valence-corrected chi connectivity index (χ2v) is 21.7. The Morgan fingerprint density at radius 3 is 2.49 bits per heavy atom. The molecule has 4 aromatic heterocycles. The average Bonchev–Trinajstić information content (AvgIpc) is 3.94. The number of nitrogens with one attached hydrogen (secondary N) is 5. The number of unbranched alkanes of at least 4 members (excludes halogenated alkanes) is 2. The number of ketones is 1. The summed E-state index contributed by atoms with van der Waals surface area (Å²) < 4.78 is 23.7.